The molecule has 240 valence electrons. The van der Waals surface area contributed by atoms with Crippen molar-refractivity contribution in [3.05, 3.63) is 136 Å². The third kappa shape index (κ3) is 6.47. The molecule has 3 heterocycles. The average Bonchev–Trinajstić information content (AvgIpc) is 3.64. The molecule has 2 saturated heterocycles. The van der Waals surface area contributed by atoms with Gasteiger partial charge in [0.15, 0.2) is 6.29 Å². The molecular weight excluding hydrogens is 600 g/mol. The topological polar surface area (TPSA) is 135 Å². The maximum Gasteiger partial charge on any atom is 0.346 e. The average molecular weight is 635 g/mol. The van der Waals surface area contributed by atoms with Crippen LogP contribution in [0.3, 0.4) is 0 Å². The summed E-state index contributed by atoms with van der Waals surface area (Å²) >= 11 is 0. The number of hydrogen-bond acceptors (Lipinski definition) is 9. The van der Waals surface area contributed by atoms with Crippen LogP contribution in [0, 0.1) is 0 Å². The molecule has 3 aliphatic heterocycles. The van der Waals surface area contributed by atoms with E-state index in [0.29, 0.717) is 30.8 Å². The number of carbonyl (C=O) groups excluding carboxylic acids is 3. The van der Waals surface area contributed by atoms with Crippen molar-refractivity contribution >= 4 is 23.5 Å². The predicted octanol–water partition coefficient (Wildman–Crippen LogP) is 4.75. The lowest BCUT2D eigenvalue weighted by molar-refractivity contribution is -0.263. The Labute approximate surface area is 271 Å². The van der Waals surface area contributed by atoms with Crippen molar-refractivity contribution < 1.29 is 38.8 Å². The zero-order valence-electron chi connectivity index (χ0n) is 25.5. The highest BCUT2D eigenvalue weighted by atomic mass is 16.7. The smallest absolute Gasteiger partial charge is 0.346 e. The summed E-state index contributed by atoms with van der Waals surface area (Å²) in [5.41, 5.74) is 4.38. The van der Waals surface area contributed by atoms with Crippen LogP contribution in [0.15, 0.2) is 97.1 Å². The second kappa shape index (κ2) is 13.2. The van der Waals surface area contributed by atoms with Crippen molar-refractivity contribution in [1.82, 2.24) is 4.90 Å². The Balaban J connectivity index is 1.19. The van der Waals surface area contributed by atoms with E-state index in [-0.39, 0.29) is 41.4 Å². The summed E-state index contributed by atoms with van der Waals surface area (Å²) in [5, 5.41) is 22.8. The number of anilines is 1. The molecule has 7 rings (SSSR count). The molecule has 4 aromatic rings. The Hall–Kier alpha value is -4.71. The van der Waals surface area contributed by atoms with Gasteiger partial charge in [-0.2, -0.15) is 0 Å². The molecule has 0 bridgehead atoms. The highest BCUT2D eigenvalue weighted by molar-refractivity contribution is 6.16. The van der Waals surface area contributed by atoms with E-state index in [2.05, 4.69) is 27.1 Å². The monoisotopic (exact) mass is 634 g/mol. The van der Waals surface area contributed by atoms with Gasteiger partial charge in [-0.15, -0.1) is 0 Å². The summed E-state index contributed by atoms with van der Waals surface area (Å²) < 4.78 is 18.2. The van der Waals surface area contributed by atoms with Gasteiger partial charge in [-0.3, -0.25) is 9.69 Å². The molecule has 10 heteroatoms. The lowest BCUT2D eigenvalue weighted by Gasteiger charge is -2.44. The summed E-state index contributed by atoms with van der Waals surface area (Å²) in [6.45, 7) is 1.85. The first-order valence-corrected chi connectivity index (χ1v) is 15.6. The number of esters is 2. The van der Waals surface area contributed by atoms with Gasteiger partial charge in [0.25, 0.3) is 5.91 Å². The molecule has 1 amide bonds. The highest BCUT2D eigenvalue weighted by Gasteiger charge is 2.43. The number of likely N-dealkylation sites (tertiary alicyclic amines) is 1. The second-order valence-electron chi connectivity index (χ2n) is 12.1. The molecule has 3 aliphatic rings. The number of fused-ring (bicyclic) bond motifs is 1. The molecule has 4 aromatic carbocycles. The zero-order valence-corrected chi connectivity index (χ0v) is 25.5. The largest absolute Gasteiger partial charge is 0.392 e. The Bertz CT molecular complexity index is 1790. The fourth-order valence-corrected chi connectivity index (χ4v) is 6.59. The summed E-state index contributed by atoms with van der Waals surface area (Å²) in [6.07, 6.45) is -1.17. The van der Waals surface area contributed by atoms with Gasteiger partial charge in [0.1, 0.15) is 0 Å². The van der Waals surface area contributed by atoms with Gasteiger partial charge in [0.2, 0.25) is 0 Å². The minimum atomic E-state index is -0.785. The van der Waals surface area contributed by atoms with Gasteiger partial charge in [-0.25, -0.2) is 9.59 Å². The molecule has 5 unspecified atom stereocenters. The first-order valence-electron chi connectivity index (χ1n) is 15.6. The van der Waals surface area contributed by atoms with Gasteiger partial charge < -0.3 is 29.7 Å². The van der Waals surface area contributed by atoms with Gasteiger partial charge in [-0.05, 0) is 53.4 Å². The fraction of sp³-hybridized carbons (Fsp3) is 0.270. The van der Waals surface area contributed by atoms with E-state index in [1.807, 2.05) is 48.5 Å². The molecule has 0 saturated carbocycles. The minimum absolute atomic E-state index is 0.0583. The number of β-amino-alcohol motifs (C(OH)–C–C–N with tert-alkyl or cyclic N) is 1. The van der Waals surface area contributed by atoms with E-state index in [1.165, 1.54) is 18.2 Å². The number of benzene rings is 4. The SMILES string of the molecule is O=C(Nc1cccc(C2OC(CN3CCC(O)C3)C(c3ccccc3)C(c3ccc(CO)cc3)O2)c1)c1ccc2c(c1)C(=O)OC2=O. The Kier molecular flexibility index (Phi) is 8.68. The number of hydrogen-bond donors (Lipinski definition) is 3. The molecule has 3 N–H and O–H groups in total. The number of cyclic esters (lactones) is 2. The lowest BCUT2D eigenvalue weighted by atomic mass is 9.83. The maximum absolute atomic E-state index is 13.2. The quantitative estimate of drug-likeness (QED) is 0.186. The summed E-state index contributed by atoms with van der Waals surface area (Å²) in [4.78, 5) is 39.3. The summed E-state index contributed by atoms with van der Waals surface area (Å²) in [6, 6.07) is 29.3. The predicted molar refractivity (Wildman–Crippen MR) is 171 cm³/mol. The third-order valence-electron chi connectivity index (χ3n) is 8.98. The van der Waals surface area contributed by atoms with Crippen LogP contribution in [0.4, 0.5) is 5.69 Å². The van der Waals surface area contributed by atoms with Gasteiger partial charge >= 0.3 is 11.9 Å². The standard InChI is InChI=1S/C37H34N2O8/c40-21-22-9-11-24(12-10-22)33-32(23-5-2-1-3-6-23)31(20-39-16-15-28(41)19-39)45-37(46-33)26-7-4-8-27(17-26)38-34(42)25-13-14-29-30(18-25)36(44)47-35(29)43/h1-14,17-18,28,31-33,37,40-41H,15-16,19-21H2,(H,38,42). The first kappa shape index (κ1) is 30.9. The Morgan fingerprint density at radius 1 is 0.830 bits per heavy atom. The Morgan fingerprint density at radius 3 is 2.34 bits per heavy atom. The zero-order chi connectivity index (χ0) is 32.5. The Morgan fingerprint density at radius 2 is 1.60 bits per heavy atom. The highest BCUT2D eigenvalue weighted by Crippen LogP contribution is 2.47. The normalized spacial score (nSPS) is 24.2. The lowest BCUT2D eigenvalue weighted by Crippen LogP contribution is -2.44. The number of nitrogens with one attached hydrogen (secondary N) is 1. The number of aliphatic hydroxyl groups excluding tert-OH is 2. The van der Waals surface area contributed by atoms with Crippen LogP contribution in [0.25, 0.3) is 0 Å². The van der Waals surface area contributed by atoms with Crippen molar-refractivity contribution in [2.75, 3.05) is 25.0 Å². The number of rotatable bonds is 8. The second-order valence-corrected chi connectivity index (χ2v) is 12.1. The van der Waals surface area contributed by atoms with E-state index in [4.69, 9.17) is 9.47 Å². The number of ether oxygens (including phenoxy) is 3. The molecule has 5 atom stereocenters. The van der Waals surface area contributed by atoms with E-state index in [9.17, 15) is 24.6 Å². The van der Waals surface area contributed by atoms with Crippen LogP contribution in [-0.4, -0.2) is 64.8 Å². The molecule has 10 nitrogen and oxygen atoms in total. The number of carbonyl (C=O) groups is 3. The van der Waals surface area contributed by atoms with Crippen LogP contribution in [0.2, 0.25) is 0 Å². The molecule has 0 spiro atoms. The van der Waals surface area contributed by atoms with Crippen LogP contribution < -0.4 is 5.32 Å². The molecule has 2 fully saturated rings. The van der Waals surface area contributed by atoms with Crippen LogP contribution in [0.5, 0.6) is 0 Å². The van der Waals surface area contributed by atoms with Crippen molar-refractivity contribution in [2.24, 2.45) is 0 Å². The molecule has 0 aromatic heterocycles. The van der Waals surface area contributed by atoms with Crippen LogP contribution in [-0.2, 0) is 20.8 Å². The van der Waals surface area contributed by atoms with Gasteiger partial charge in [0.05, 0.1) is 36.0 Å². The maximum atomic E-state index is 13.2. The van der Waals surface area contributed by atoms with Crippen molar-refractivity contribution in [1.29, 1.82) is 0 Å². The molecule has 0 aliphatic carbocycles. The third-order valence-corrected chi connectivity index (χ3v) is 8.98. The fourth-order valence-electron chi connectivity index (χ4n) is 6.59. The summed E-state index contributed by atoms with van der Waals surface area (Å²) in [7, 11) is 0. The van der Waals surface area contributed by atoms with Crippen molar-refractivity contribution in [2.45, 2.75) is 43.5 Å². The number of nitrogens with zero attached hydrogens (tertiary/aromatic N) is 1. The van der Waals surface area contributed by atoms with E-state index in [1.54, 1.807) is 18.2 Å². The van der Waals surface area contributed by atoms with E-state index < -0.39 is 30.2 Å². The van der Waals surface area contributed by atoms with E-state index in [0.717, 1.165) is 23.2 Å². The van der Waals surface area contributed by atoms with Crippen LogP contribution >= 0.6 is 0 Å². The number of aliphatic hydroxyl groups is 2. The first-order chi connectivity index (χ1) is 22.9. The molecular formula is C37H34N2O8. The summed E-state index contributed by atoms with van der Waals surface area (Å²) in [5.74, 6) is -2.14. The van der Waals surface area contributed by atoms with Gasteiger partial charge in [0, 0.05) is 42.4 Å². The van der Waals surface area contributed by atoms with Crippen LogP contribution in [0.1, 0.15) is 78.1 Å². The number of amides is 1. The molecule has 0 radical (unpaired) electrons. The van der Waals surface area contributed by atoms with Gasteiger partial charge in [-0.1, -0.05) is 66.7 Å². The molecule has 47 heavy (non-hydrogen) atoms. The van der Waals surface area contributed by atoms with Crippen molar-refractivity contribution in [3.8, 4) is 0 Å². The van der Waals surface area contributed by atoms with E-state index >= 15 is 0 Å². The minimum Gasteiger partial charge on any atom is -0.392 e. The van der Waals surface area contributed by atoms with Crippen molar-refractivity contribution in [3.63, 3.8) is 0 Å².